The van der Waals surface area contributed by atoms with Crippen molar-refractivity contribution < 1.29 is 0 Å². The van der Waals surface area contributed by atoms with Gasteiger partial charge in [0.2, 0.25) is 0 Å². The summed E-state index contributed by atoms with van der Waals surface area (Å²) in [4.78, 5) is 7.13. The minimum Gasteiger partial charge on any atom is -0.357 e. The molecule has 0 bridgehead atoms. The fourth-order valence-corrected chi connectivity index (χ4v) is 2.60. The van der Waals surface area contributed by atoms with Crippen LogP contribution in [0, 0.1) is 0 Å². The van der Waals surface area contributed by atoms with Crippen molar-refractivity contribution in [3.05, 3.63) is 0 Å². The Labute approximate surface area is 130 Å². The fraction of sp³-hybridized carbons (Fsp3) is 0.933. The zero-order valence-corrected chi connectivity index (χ0v) is 14.9. The first-order valence-corrected chi connectivity index (χ1v) is 9.34. The molecule has 0 aliphatic rings. The second kappa shape index (κ2) is 13.6. The van der Waals surface area contributed by atoms with Crippen LogP contribution in [0.3, 0.4) is 0 Å². The maximum atomic E-state index is 4.70. The fourth-order valence-electron chi connectivity index (χ4n) is 2.11. The minimum atomic E-state index is 0.497. The van der Waals surface area contributed by atoms with E-state index < -0.39 is 0 Å². The molecule has 0 aliphatic carbocycles. The molecular formula is C15H34N4S. The summed E-state index contributed by atoms with van der Waals surface area (Å²) >= 11 is 1.91. The Morgan fingerprint density at radius 2 is 1.85 bits per heavy atom. The van der Waals surface area contributed by atoms with Crippen LogP contribution in [-0.4, -0.2) is 61.6 Å². The van der Waals surface area contributed by atoms with E-state index >= 15 is 0 Å². The molecular weight excluding hydrogens is 268 g/mol. The SMILES string of the molecule is CCNC(=NCC(C)N(CC)CC)NCCCCSC. The molecule has 4 nitrogen and oxygen atoms in total. The normalized spacial score (nSPS) is 13.6. The lowest BCUT2D eigenvalue weighted by molar-refractivity contribution is 0.237. The Hall–Kier alpha value is -0.420. The van der Waals surface area contributed by atoms with Crippen LogP contribution in [0.2, 0.25) is 0 Å². The summed E-state index contributed by atoms with van der Waals surface area (Å²) in [6.45, 7) is 13.7. The number of nitrogens with one attached hydrogen (secondary N) is 2. The average Bonchev–Trinajstić information content (AvgIpc) is 2.45. The quantitative estimate of drug-likeness (QED) is 0.349. The lowest BCUT2D eigenvalue weighted by Gasteiger charge is -2.25. The second-order valence-corrected chi connectivity index (χ2v) is 5.90. The summed E-state index contributed by atoms with van der Waals surface area (Å²) in [5.41, 5.74) is 0. The number of hydrogen-bond donors (Lipinski definition) is 2. The second-order valence-electron chi connectivity index (χ2n) is 4.92. The van der Waals surface area contributed by atoms with Gasteiger partial charge in [0.25, 0.3) is 0 Å². The molecule has 0 saturated heterocycles. The lowest BCUT2D eigenvalue weighted by atomic mass is 10.3. The number of likely N-dealkylation sites (N-methyl/N-ethyl adjacent to an activating group) is 1. The molecule has 120 valence electrons. The van der Waals surface area contributed by atoms with E-state index in [9.17, 15) is 0 Å². The molecule has 2 N–H and O–H groups in total. The van der Waals surface area contributed by atoms with E-state index in [1.807, 2.05) is 11.8 Å². The molecule has 0 radical (unpaired) electrons. The summed E-state index contributed by atoms with van der Waals surface area (Å²) in [6.07, 6.45) is 4.63. The predicted molar refractivity (Wildman–Crippen MR) is 94.0 cm³/mol. The van der Waals surface area contributed by atoms with Gasteiger partial charge in [-0.25, -0.2) is 0 Å². The molecule has 0 aromatic carbocycles. The Bertz CT molecular complexity index is 242. The molecule has 1 unspecified atom stereocenters. The summed E-state index contributed by atoms with van der Waals surface area (Å²) in [5, 5.41) is 6.74. The number of thioether (sulfide) groups is 1. The highest BCUT2D eigenvalue weighted by Gasteiger charge is 2.09. The molecule has 0 fully saturated rings. The molecule has 0 aromatic heterocycles. The highest BCUT2D eigenvalue weighted by molar-refractivity contribution is 7.98. The van der Waals surface area contributed by atoms with Gasteiger partial charge in [0, 0.05) is 19.1 Å². The molecule has 0 saturated carbocycles. The van der Waals surface area contributed by atoms with Gasteiger partial charge in [-0.1, -0.05) is 13.8 Å². The van der Waals surface area contributed by atoms with E-state index in [1.54, 1.807) is 0 Å². The average molecular weight is 303 g/mol. The first-order chi connectivity index (χ1) is 9.69. The summed E-state index contributed by atoms with van der Waals surface area (Å²) < 4.78 is 0. The van der Waals surface area contributed by atoms with Crippen LogP contribution in [0.5, 0.6) is 0 Å². The molecule has 1 atom stereocenters. The topological polar surface area (TPSA) is 39.7 Å². The van der Waals surface area contributed by atoms with Crippen molar-refractivity contribution in [2.45, 2.75) is 46.6 Å². The van der Waals surface area contributed by atoms with Crippen LogP contribution in [0.15, 0.2) is 4.99 Å². The molecule has 0 spiro atoms. The van der Waals surface area contributed by atoms with Gasteiger partial charge in [-0.05, 0) is 51.8 Å². The van der Waals surface area contributed by atoms with E-state index in [0.717, 1.165) is 38.7 Å². The van der Waals surface area contributed by atoms with E-state index in [4.69, 9.17) is 4.99 Å². The van der Waals surface area contributed by atoms with E-state index in [-0.39, 0.29) is 0 Å². The van der Waals surface area contributed by atoms with Gasteiger partial charge in [-0.15, -0.1) is 0 Å². The van der Waals surface area contributed by atoms with Crippen LogP contribution < -0.4 is 10.6 Å². The lowest BCUT2D eigenvalue weighted by Crippen LogP contribution is -2.40. The van der Waals surface area contributed by atoms with Gasteiger partial charge in [0.05, 0.1) is 6.54 Å². The molecule has 0 amide bonds. The predicted octanol–water partition coefficient (Wildman–Crippen LogP) is 2.42. The van der Waals surface area contributed by atoms with Crippen molar-refractivity contribution in [3.8, 4) is 0 Å². The maximum absolute atomic E-state index is 4.70. The molecule has 0 aliphatic heterocycles. The third-order valence-corrected chi connectivity index (χ3v) is 4.06. The van der Waals surface area contributed by atoms with Gasteiger partial charge in [-0.3, -0.25) is 9.89 Å². The van der Waals surface area contributed by atoms with Crippen LogP contribution in [-0.2, 0) is 0 Å². The first-order valence-electron chi connectivity index (χ1n) is 7.94. The van der Waals surface area contributed by atoms with Crippen molar-refractivity contribution in [3.63, 3.8) is 0 Å². The highest BCUT2D eigenvalue weighted by Crippen LogP contribution is 1.99. The van der Waals surface area contributed by atoms with Crippen LogP contribution in [0.4, 0.5) is 0 Å². The van der Waals surface area contributed by atoms with Crippen molar-refractivity contribution in [2.75, 3.05) is 44.7 Å². The minimum absolute atomic E-state index is 0.497. The van der Waals surface area contributed by atoms with E-state index in [0.29, 0.717) is 6.04 Å². The van der Waals surface area contributed by atoms with Gasteiger partial charge in [0.1, 0.15) is 0 Å². The molecule has 0 rings (SSSR count). The third-order valence-electron chi connectivity index (χ3n) is 3.36. The summed E-state index contributed by atoms with van der Waals surface area (Å²) in [5.74, 6) is 2.20. The van der Waals surface area contributed by atoms with Crippen molar-refractivity contribution >= 4 is 17.7 Å². The van der Waals surface area contributed by atoms with Gasteiger partial charge < -0.3 is 10.6 Å². The first kappa shape index (κ1) is 19.6. The molecule has 20 heavy (non-hydrogen) atoms. The van der Waals surface area contributed by atoms with Gasteiger partial charge in [0.15, 0.2) is 5.96 Å². The number of hydrogen-bond acceptors (Lipinski definition) is 3. The van der Waals surface area contributed by atoms with E-state index in [1.165, 1.54) is 18.6 Å². The zero-order chi connectivity index (χ0) is 15.2. The Balaban J connectivity index is 4.11. The monoisotopic (exact) mass is 302 g/mol. The Morgan fingerprint density at radius 3 is 2.40 bits per heavy atom. The summed E-state index contributed by atoms with van der Waals surface area (Å²) in [7, 11) is 0. The van der Waals surface area contributed by atoms with E-state index in [2.05, 4.69) is 49.5 Å². The molecule has 0 heterocycles. The van der Waals surface area contributed by atoms with Crippen LogP contribution in [0.25, 0.3) is 0 Å². The van der Waals surface area contributed by atoms with Crippen molar-refractivity contribution in [1.82, 2.24) is 15.5 Å². The smallest absolute Gasteiger partial charge is 0.191 e. The molecule has 5 heteroatoms. The highest BCUT2D eigenvalue weighted by atomic mass is 32.2. The van der Waals surface area contributed by atoms with Crippen LogP contribution >= 0.6 is 11.8 Å². The third kappa shape index (κ3) is 9.48. The largest absolute Gasteiger partial charge is 0.357 e. The zero-order valence-electron chi connectivity index (χ0n) is 14.0. The Kier molecular flexibility index (Phi) is 13.3. The summed E-state index contributed by atoms with van der Waals surface area (Å²) in [6, 6.07) is 0.497. The standard InChI is InChI=1S/C15H34N4S/c1-6-16-15(17-11-9-10-12-20-5)18-13-14(4)19(7-2)8-3/h14H,6-13H2,1-5H3,(H2,16,17,18). The number of guanidine groups is 1. The maximum Gasteiger partial charge on any atom is 0.191 e. The van der Waals surface area contributed by atoms with Crippen molar-refractivity contribution in [2.24, 2.45) is 4.99 Å². The van der Waals surface area contributed by atoms with Crippen molar-refractivity contribution in [1.29, 1.82) is 0 Å². The number of nitrogens with zero attached hydrogens (tertiary/aromatic N) is 2. The Morgan fingerprint density at radius 1 is 1.15 bits per heavy atom. The number of unbranched alkanes of at least 4 members (excludes halogenated alkanes) is 1. The van der Waals surface area contributed by atoms with Gasteiger partial charge >= 0.3 is 0 Å². The number of rotatable bonds is 11. The number of aliphatic imine (C=N–C) groups is 1. The molecule has 0 aromatic rings. The van der Waals surface area contributed by atoms with Crippen LogP contribution in [0.1, 0.15) is 40.5 Å². The van der Waals surface area contributed by atoms with Gasteiger partial charge in [-0.2, -0.15) is 11.8 Å².